The summed E-state index contributed by atoms with van der Waals surface area (Å²) in [5.74, 6) is 0.283. The Balaban J connectivity index is 1.87. The van der Waals surface area contributed by atoms with Gasteiger partial charge in [-0.25, -0.2) is 0 Å². The monoisotopic (exact) mass is 416 g/mol. The lowest BCUT2D eigenvalue weighted by Gasteiger charge is -2.23. The van der Waals surface area contributed by atoms with Crippen LogP contribution in [0.3, 0.4) is 0 Å². The fourth-order valence-electron chi connectivity index (χ4n) is 3.71. The van der Waals surface area contributed by atoms with Crippen molar-refractivity contribution >= 4 is 17.5 Å². The predicted octanol–water partition coefficient (Wildman–Crippen LogP) is 7.07. The molecule has 160 valence electrons. The molecule has 0 fully saturated rings. The molecule has 0 radical (unpaired) electrons. The lowest BCUT2D eigenvalue weighted by atomic mass is 10.1. The van der Waals surface area contributed by atoms with Crippen molar-refractivity contribution in [2.75, 3.05) is 6.54 Å². The Morgan fingerprint density at radius 1 is 0.931 bits per heavy atom. The average Bonchev–Trinajstić information content (AvgIpc) is 3.15. The summed E-state index contributed by atoms with van der Waals surface area (Å²) in [6, 6.07) is 12.1. The first kappa shape index (κ1) is 23.5. The Hall–Kier alpha value is -1.74. The van der Waals surface area contributed by atoms with E-state index in [1.165, 1.54) is 32.1 Å². The Bertz CT molecular complexity index is 725. The zero-order chi connectivity index (χ0) is 20.9. The first-order valence-corrected chi connectivity index (χ1v) is 11.7. The van der Waals surface area contributed by atoms with Gasteiger partial charge in [-0.1, -0.05) is 82.2 Å². The van der Waals surface area contributed by atoms with Gasteiger partial charge in [0.2, 0.25) is 5.91 Å². The van der Waals surface area contributed by atoms with Crippen LogP contribution in [0.2, 0.25) is 5.02 Å². The highest BCUT2D eigenvalue weighted by Gasteiger charge is 2.15. The van der Waals surface area contributed by atoms with E-state index in [-0.39, 0.29) is 5.91 Å². The molecular formula is C25H37ClN2O. The van der Waals surface area contributed by atoms with E-state index in [0.717, 1.165) is 48.6 Å². The van der Waals surface area contributed by atoms with E-state index >= 15 is 0 Å². The van der Waals surface area contributed by atoms with Gasteiger partial charge in [0.1, 0.15) is 0 Å². The van der Waals surface area contributed by atoms with Gasteiger partial charge in [-0.2, -0.15) is 0 Å². The van der Waals surface area contributed by atoms with Crippen LogP contribution >= 0.6 is 11.6 Å². The molecule has 0 aliphatic rings. The topological polar surface area (TPSA) is 25.2 Å². The van der Waals surface area contributed by atoms with Crippen molar-refractivity contribution in [2.45, 2.75) is 84.7 Å². The van der Waals surface area contributed by atoms with Crippen LogP contribution < -0.4 is 0 Å². The van der Waals surface area contributed by atoms with Gasteiger partial charge in [-0.15, -0.1) is 0 Å². The Kier molecular flexibility index (Phi) is 10.9. The number of halogens is 1. The minimum atomic E-state index is 0.283. The predicted molar refractivity (Wildman–Crippen MR) is 123 cm³/mol. The van der Waals surface area contributed by atoms with Crippen LogP contribution in [-0.2, 0) is 17.9 Å². The number of hydrogen-bond acceptors (Lipinski definition) is 1. The van der Waals surface area contributed by atoms with Gasteiger partial charge in [0.05, 0.1) is 6.54 Å². The summed E-state index contributed by atoms with van der Waals surface area (Å²) in [7, 11) is 0. The van der Waals surface area contributed by atoms with Crippen LogP contribution in [0.4, 0.5) is 0 Å². The number of carbonyl (C=O) groups is 1. The molecular weight excluding hydrogens is 380 g/mol. The molecule has 0 atom stereocenters. The molecule has 0 aliphatic carbocycles. The van der Waals surface area contributed by atoms with Crippen molar-refractivity contribution in [1.82, 2.24) is 9.47 Å². The molecule has 0 unspecified atom stereocenters. The maximum absolute atomic E-state index is 12.8. The summed E-state index contributed by atoms with van der Waals surface area (Å²) in [4.78, 5) is 14.8. The van der Waals surface area contributed by atoms with Crippen molar-refractivity contribution < 1.29 is 4.79 Å². The minimum Gasteiger partial charge on any atom is -0.345 e. The Labute approximate surface area is 182 Å². The molecule has 1 amide bonds. The van der Waals surface area contributed by atoms with Crippen LogP contribution in [0.15, 0.2) is 42.6 Å². The van der Waals surface area contributed by atoms with Crippen LogP contribution in [0, 0.1) is 0 Å². The maximum atomic E-state index is 12.8. The highest BCUT2D eigenvalue weighted by molar-refractivity contribution is 6.31. The summed E-state index contributed by atoms with van der Waals surface area (Å²) >= 11 is 6.33. The van der Waals surface area contributed by atoms with Gasteiger partial charge in [-0.3, -0.25) is 4.79 Å². The zero-order valence-corrected chi connectivity index (χ0v) is 19.0. The van der Waals surface area contributed by atoms with Crippen molar-refractivity contribution in [1.29, 1.82) is 0 Å². The number of rotatable bonds is 14. The van der Waals surface area contributed by atoms with Gasteiger partial charge in [0.15, 0.2) is 0 Å². The molecule has 1 aromatic carbocycles. The standard InChI is InChI=1S/C25H37ClN2O/c1-3-5-6-7-8-9-10-17-25(29)28(18-4-2)21-23-15-13-19-27(23)20-22-14-11-12-16-24(22)26/h11-16,19H,3-10,17-18,20-21H2,1-2H3. The van der Waals surface area contributed by atoms with Gasteiger partial charge < -0.3 is 9.47 Å². The first-order valence-electron chi connectivity index (χ1n) is 11.3. The molecule has 4 heteroatoms. The van der Waals surface area contributed by atoms with Crippen molar-refractivity contribution in [3.8, 4) is 0 Å². The molecule has 3 nitrogen and oxygen atoms in total. The van der Waals surface area contributed by atoms with Gasteiger partial charge in [-0.05, 0) is 36.6 Å². The molecule has 2 aromatic rings. The van der Waals surface area contributed by atoms with E-state index in [2.05, 4.69) is 42.8 Å². The van der Waals surface area contributed by atoms with Crippen LogP contribution in [0.1, 0.15) is 82.9 Å². The molecule has 1 aromatic heterocycles. The van der Waals surface area contributed by atoms with Gasteiger partial charge in [0, 0.05) is 36.4 Å². The van der Waals surface area contributed by atoms with E-state index in [1.54, 1.807) is 0 Å². The average molecular weight is 417 g/mol. The molecule has 29 heavy (non-hydrogen) atoms. The van der Waals surface area contributed by atoms with Gasteiger partial charge >= 0.3 is 0 Å². The number of aromatic nitrogens is 1. The van der Waals surface area contributed by atoms with Gasteiger partial charge in [0.25, 0.3) is 0 Å². The molecule has 0 aliphatic heterocycles. The third-order valence-corrected chi connectivity index (χ3v) is 5.78. The quantitative estimate of drug-likeness (QED) is 0.302. The lowest BCUT2D eigenvalue weighted by molar-refractivity contribution is -0.132. The number of amides is 1. The number of benzene rings is 1. The third kappa shape index (κ3) is 8.26. The van der Waals surface area contributed by atoms with Crippen LogP contribution in [0.25, 0.3) is 0 Å². The minimum absolute atomic E-state index is 0.283. The van der Waals surface area contributed by atoms with Crippen molar-refractivity contribution in [3.63, 3.8) is 0 Å². The lowest BCUT2D eigenvalue weighted by Crippen LogP contribution is -2.32. The molecule has 0 N–H and O–H groups in total. The van der Waals surface area contributed by atoms with E-state index < -0.39 is 0 Å². The fraction of sp³-hybridized carbons (Fsp3) is 0.560. The largest absolute Gasteiger partial charge is 0.345 e. The maximum Gasteiger partial charge on any atom is 0.222 e. The molecule has 1 heterocycles. The SMILES string of the molecule is CCCCCCCCCC(=O)N(CCC)Cc1cccn1Cc1ccccc1Cl. The Morgan fingerprint density at radius 3 is 2.38 bits per heavy atom. The molecule has 0 saturated carbocycles. The second kappa shape index (κ2) is 13.5. The molecule has 0 bridgehead atoms. The highest BCUT2D eigenvalue weighted by Crippen LogP contribution is 2.19. The number of carbonyl (C=O) groups excluding carboxylic acids is 1. The second-order valence-corrected chi connectivity index (χ2v) is 8.31. The Morgan fingerprint density at radius 2 is 1.66 bits per heavy atom. The highest BCUT2D eigenvalue weighted by atomic mass is 35.5. The van der Waals surface area contributed by atoms with Crippen molar-refractivity contribution in [3.05, 3.63) is 58.9 Å². The smallest absolute Gasteiger partial charge is 0.222 e. The zero-order valence-electron chi connectivity index (χ0n) is 18.2. The third-order valence-electron chi connectivity index (χ3n) is 5.42. The summed E-state index contributed by atoms with van der Waals surface area (Å²) in [5, 5.41) is 0.785. The summed E-state index contributed by atoms with van der Waals surface area (Å²) < 4.78 is 2.20. The molecule has 0 spiro atoms. The number of hydrogen-bond donors (Lipinski definition) is 0. The summed E-state index contributed by atoms with van der Waals surface area (Å²) in [5.41, 5.74) is 2.26. The summed E-state index contributed by atoms with van der Waals surface area (Å²) in [6.45, 7) is 6.59. The fourth-order valence-corrected chi connectivity index (χ4v) is 3.90. The van der Waals surface area contributed by atoms with Crippen LogP contribution in [0.5, 0.6) is 0 Å². The number of nitrogens with zero attached hydrogens (tertiary/aromatic N) is 2. The van der Waals surface area contributed by atoms with Crippen molar-refractivity contribution in [2.24, 2.45) is 0 Å². The molecule has 2 rings (SSSR count). The molecule has 0 saturated heterocycles. The van der Waals surface area contributed by atoms with E-state index in [1.807, 2.05) is 23.1 Å². The second-order valence-electron chi connectivity index (χ2n) is 7.91. The van der Waals surface area contributed by atoms with E-state index in [4.69, 9.17) is 11.6 Å². The van der Waals surface area contributed by atoms with E-state index in [9.17, 15) is 4.79 Å². The first-order chi connectivity index (χ1) is 14.2. The van der Waals surface area contributed by atoms with Crippen LogP contribution in [-0.4, -0.2) is 21.9 Å². The van der Waals surface area contributed by atoms with E-state index in [0.29, 0.717) is 13.0 Å². The normalized spacial score (nSPS) is 11.0. The number of unbranched alkanes of at least 4 members (excludes halogenated alkanes) is 6. The summed E-state index contributed by atoms with van der Waals surface area (Å²) in [6.07, 6.45) is 12.4.